The van der Waals surface area contributed by atoms with Crippen LogP contribution in [0, 0.1) is 5.82 Å². The molecule has 174 valence electrons. The van der Waals surface area contributed by atoms with Crippen molar-refractivity contribution < 1.29 is 23.5 Å². The average molecular weight is 518 g/mol. The molecule has 34 heavy (non-hydrogen) atoms. The highest BCUT2D eigenvalue weighted by Gasteiger charge is 2.36. The molecule has 1 aliphatic rings. The Hall–Kier alpha value is -3.00. The van der Waals surface area contributed by atoms with E-state index in [4.69, 9.17) is 32.7 Å². The minimum absolute atomic E-state index is 0.0814. The predicted molar refractivity (Wildman–Crippen MR) is 132 cm³/mol. The molecule has 0 spiro atoms. The van der Waals surface area contributed by atoms with Gasteiger partial charge in [0.2, 0.25) is 0 Å². The van der Waals surface area contributed by atoms with Gasteiger partial charge in [-0.2, -0.15) is 0 Å². The standard InChI is InChI=1S/C25H18Cl2FNO4S/c1-32-21-11-4-7-15(23(21)33-14-16-6-2-3-8-18(16)26)12-22-24(30)29(25(31)34-22)13-17-19(27)9-5-10-20(17)28/h2-12H,13-14H2,1H3/b22-12-. The second-order valence-corrected chi connectivity index (χ2v) is 9.03. The number of thioether (sulfide) groups is 1. The summed E-state index contributed by atoms with van der Waals surface area (Å²) in [5.41, 5.74) is 1.40. The molecule has 0 unspecified atom stereocenters. The number of nitrogens with zero attached hydrogens (tertiary/aromatic N) is 1. The second-order valence-electron chi connectivity index (χ2n) is 7.23. The van der Waals surface area contributed by atoms with Crippen LogP contribution in [-0.2, 0) is 17.9 Å². The molecule has 1 aliphatic heterocycles. The first-order chi connectivity index (χ1) is 16.4. The van der Waals surface area contributed by atoms with Crippen LogP contribution in [0.15, 0.2) is 65.6 Å². The topological polar surface area (TPSA) is 55.8 Å². The number of carbonyl (C=O) groups excluding carboxylic acids is 2. The largest absolute Gasteiger partial charge is 0.493 e. The molecular formula is C25H18Cl2FNO4S. The number of rotatable bonds is 7. The molecule has 9 heteroatoms. The van der Waals surface area contributed by atoms with Crippen molar-refractivity contribution in [1.82, 2.24) is 4.90 Å². The van der Waals surface area contributed by atoms with Gasteiger partial charge in [0.05, 0.1) is 18.6 Å². The number of amides is 2. The number of para-hydroxylation sites is 1. The van der Waals surface area contributed by atoms with Gasteiger partial charge in [-0.15, -0.1) is 0 Å². The lowest BCUT2D eigenvalue weighted by Gasteiger charge is -2.15. The smallest absolute Gasteiger partial charge is 0.293 e. The number of imide groups is 1. The number of carbonyl (C=O) groups is 2. The molecule has 3 aromatic rings. The maximum Gasteiger partial charge on any atom is 0.293 e. The Balaban J connectivity index is 1.62. The van der Waals surface area contributed by atoms with Gasteiger partial charge in [-0.25, -0.2) is 4.39 Å². The first kappa shape index (κ1) is 24.1. The lowest BCUT2D eigenvalue weighted by atomic mass is 10.1. The summed E-state index contributed by atoms with van der Waals surface area (Å²) in [5, 5.41) is 0.190. The van der Waals surface area contributed by atoms with Crippen molar-refractivity contribution >= 4 is 52.2 Å². The summed E-state index contributed by atoms with van der Waals surface area (Å²) in [5.74, 6) is -0.278. The van der Waals surface area contributed by atoms with Crippen molar-refractivity contribution in [3.8, 4) is 11.5 Å². The molecule has 4 rings (SSSR count). The molecule has 0 bridgehead atoms. The molecule has 0 aliphatic carbocycles. The highest BCUT2D eigenvalue weighted by atomic mass is 35.5. The van der Waals surface area contributed by atoms with E-state index >= 15 is 0 Å². The lowest BCUT2D eigenvalue weighted by Crippen LogP contribution is -2.28. The number of benzene rings is 3. The molecule has 1 fully saturated rings. The third kappa shape index (κ3) is 5.06. The van der Waals surface area contributed by atoms with Crippen LogP contribution in [0.4, 0.5) is 9.18 Å². The third-order valence-corrected chi connectivity index (χ3v) is 6.73. The van der Waals surface area contributed by atoms with E-state index in [9.17, 15) is 14.0 Å². The number of halogens is 3. The molecule has 1 saturated heterocycles. The summed E-state index contributed by atoms with van der Waals surface area (Å²) in [6.45, 7) is -0.0877. The van der Waals surface area contributed by atoms with Gasteiger partial charge in [0, 0.05) is 26.7 Å². The normalized spacial score (nSPS) is 14.7. The molecule has 0 aromatic heterocycles. The summed E-state index contributed by atoms with van der Waals surface area (Å²) in [6, 6.07) is 16.7. The predicted octanol–water partition coefficient (Wildman–Crippen LogP) is 6.96. The Bertz CT molecular complexity index is 1280. The molecule has 0 radical (unpaired) electrons. The van der Waals surface area contributed by atoms with E-state index in [1.807, 2.05) is 18.2 Å². The van der Waals surface area contributed by atoms with Gasteiger partial charge in [0.1, 0.15) is 12.4 Å². The van der Waals surface area contributed by atoms with E-state index in [0.29, 0.717) is 22.1 Å². The number of methoxy groups -OCH3 is 1. The van der Waals surface area contributed by atoms with Crippen LogP contribution in [0.3, 0.4) is 0 Å². The van der Waals surface area contributed by atoms with Crippen LogP contribution in [-0.4, -0.2) is 23.2 Å². The first-order valence-electron chi connectivity index (χ1n) is 10.1. The first-order valence-corrected chi connectivity index (χ1v) is 11.7. The van der Waals surface area contributed by atoms with Crippen molar-refractivity contribution in [2.24, 2.45) is 0 Å². The minimum atomic E-state index is -0.585. The van der Waals surface area contributed by atoms with Crippen LogP contribution in [0.25, 0.3) is 6.08 Å². The van der Waals surface area contributed by atoms with Gasteiger partial charge in [0.25, 0.3) is 11.1 Å². The van der Waals surface area contributed by atoms with Gasteiger partial charge in [-0.05, 0) is 42.1 Å². The SMILES string of the molecule is COc1cccc(/C=C2\SC(=O)N(Cc3c(F)cccc3Cl)C2=O)c1OCc1ccccc1Cl. The average Bonchev–Trinajstić information content (AvgIpc) is 3.08. The molecule has 0 saturated carbocycles. The molecule has 5 nitrogen and oxygen atoms in total. The molecule has 1 heterocycles. The van der Waals surface area contributed by atoms with E-state index < -0.39 is 17.0 Å². The fourth-order valence-corrected chi connectivity index (χ4v) is 4.59. The lowest BCUT2D eigenvalue weighted by molar-refractivity contribution is -0.123. The molecule has 2 amide bonds. The Morgan fingerprint density at radius 2 is 1.74 bits per heavy atom. The third-order valence-electron chi connectivity index (χ3n) is 5.10. The maximum absolute atomic E-state index is 14.2. The second kappa shape index (κ2) is 10.5. The van der Waals surface area contributed by atoms with E-state index in [1.165, 1.54) is 25.3 Å². The fraction of sp³-hybridized carbons (Fsp3) is 0.120. The van der Waals surface area contributed by atoms with Crippen molar-refractivity contribution in [3.05, 3.63) is 98.1 Å². The zero-order valence-electron chi connectivity index (χ0n) is 17.9. The highest BCUT2D eigenvalue weighted by molar-refractivity contribution is 8.18. The van der Waals surface area contributed by atoms with Crippen LogP contribution >= 0.6 is 35.0 Å². The molecule has 3 aromatic carbocycles. The van der Waals surface area contributed by atoms with Crippen molar-refractivity contribution in [3.63, 3.8) is 0 Å². The quantitative estimate of drug-likeness (QED) is 0.317. The summed E-state index contributed by atoms with van der Waals surface area (Å²) >= 11 is 13.1. The van der Waals surface area contributed by atoms with E-state index in [1.54, 1.807) is 30.3 Å². The Kier molecular flexibility index (Phi) is 7.46. The summed E-state index contributed by atoms with van der Waals surface area (Å²) in [4.78, 5) is 26.7. The maximum atomic E-state index is 14.2. The zero-order chi connectivity index (χ0) is 24.2. The van der Waals surface area contributed by atoms with Gasteiger partial charge >= 0.3 is 0 Å². The van der Waals surface area contributed by atoms with Crippen molar-refractivity contribution in [1.29, 1.82) is 0 Å². The number of hydrogen-bond donors (Lipinski definition) is 0. The van der Waals surface area contributed by atoms with Gasteiger partial charge in [0.15, 0.2) is 11.5 Å². The summed E-state index contributed by atoms with van der Waals surface area (Å²) in [6.07, 6.45) is 1.55. The molecular weight excluding hydrogens is 500 g/mol. The number of hydrogen-bond acceptors (Lipinski definition) is 5. The van der Waals surface area contributed by atoms with Gasteiger partial charge in [-0.1, -0.05) is 59.6 Å². The summed E-state index contributed by atoms with van der Waals surface area (Å²) in [7, 11) is 1.51. The molecule has 0 N–H and O–H groups in total. The Morgan fingerprint density at radius 1 is 1.00 bits per heavy atom. The van der Waals surface area contributed by atoms with Crippen molar-refractivity contribution in [2.75, 3.05) is 7.11 Å². The number of ether oxygens (including phenoxy) is 2. The van der Waals surface area contributed by atoms with Crippen LogP contribution in [0.1, 0.15) is 16.7 Å². The van der Waals surface area contributed by atoms with Crippen molar-refractivity contribution in [2.45, 2.75) is 13.2 Å². The summed E-state index contributed by atoms with van der Waals surface area (Å²) < 4.78 is 25.6. The van der Waals surface area contributed by atoms with Gasteiger partial charge < -0.3 is 9.47 Å². The Morgan fingerprint density at radius 3 is 2.47 bits per heavy atom. The monoisotopic (exact) mass is 517 g/mol. The highest BCUT2D eigenvalue weighted by Crippen LogP contribution is 2.39. The van der Waals surface area contributed by atoms with Crippen LogP contribution < -0.4 is 9.47 Å². The van der Waals surface area contributed by atoms with Crippen LogP contribution in [0.2, 0.25) is 10.0 Å². The van der Waals surface area contributed by atoms with E-state index in [0.717, 1.165) is 22.2 Å². The van der Waals surface area contributed by atoms with Crippen LogP contribution in [0.5, 0.6) is 11.5 Å². The minimum Gasteiger partial charge on any atom is -0.493 e. The molecule has 0 atom stereocenters. The Labute approximate surface area is 210 Å². The zero-order valence-corrected chi connectivity index (χ0v) is 20.2. The fourth-order valence-electron chi connectivity index (χ4n) is 3.35. The van der Waals surface area contributed by atoms with E-state index in [-0.39, 0.29) is 28.6 Å². The van der Waals surface area contributed by atoms with Gasteiger partial charge in [-0.3, -0.25) is 14.5 Å². The van der Waals surface area contributed by atoms with E-state index in [2.05, 4.69) is 0 Å².